The lowest BCUT2D eigenvalue weighted by molar-refractivity contribution is 0.409. The highest BCUT2D eigenvalue weighted by molar-refractivity contribution is 7.91. The zero-order valence-corrected chi connectivity index (χ0v) is 12.5. The molecule has 2 N–H and O–H groups in total. The van der Waals surface area contributed by atoms with Crippen LogP contribution in [0.2, 0.25) is 0 Å². The first-order chi connectivity index (χ1) is 9.09. The summed E-state index contributed by atoms with van der Waals surface area (Å²) in [5.41, 5.74) is 0. The maximum absolute atomic E-state index is 11.4. The number of hydrogen-bond acceptors (Lipinski definition) is 3. The van der Waals surface area contributed by atoms with Gasteiger partial charge < -0.3 is 10.6 Å². The fourth-order valence-electron chi connectivity index (χ4n) is 2.91. The summed E-state index contributed by atoms with van der Waals surface area (Å²) in [5, 5.41) is 6.71. The Labute approximate surface area is 116 Å². The Morgan fingerprint density at radius 2 is 1.95 bits per heavy atom. The smallest absolute Gasteiger partial charge is 0.191 e. The molecule has 1 saturated carbocycles. The van der Waals surface area contributed by atoms with Crippen LogP contribution in [-0.2, 0) is 9.84 Å². The quantitative estimate of drug-likeness (QED) is 0.598. The lowest BCUT2D eigenvalue weighted by Crippen LogP contribution is -2.45. The molecule has 0 amide bonds. The average Bonchev–Trinajstić information content (AvgIpc) is 2.75. The molecule has 2 fully saturated rings. The predicted octanol–water partition coefficient (Wildman–Crippen LogP) is 0.919. The Morgan fingerprint density at radius 3 is 2.53 bits per heavy atom. The molecule has 0 aromatic rings. The molecule has 1 saturated heterocycles. The molecule has 0 aromatic carbocycles. The molecule has 0 radical (unpaired) electrons. The van der Waals surface area contributed by atoms with E-state index in [0.29, 0.717) is 24.1 Å². The van der Waals surface area contributed by atoms with Gasteiger partial charge >= 0.3 is 0 Å². The maximum Gasteiger partial charge on any atom is 0.191 e. The van der Waals surface area contributed by atoms with Crippen LogP contribution in [0.5, 0.6) is 0 Å². The Kier molecular flexibility index (Phi) is 5.07. The zero-order valence-electron chi connectivity index (χ0n) is 11.7. The molecule has 2 rings (SSSR count). The van der Waals surface area contributed by atoms with Crippen LogP contribution < -0.4 is 10.6 Å². The topological polar surface area (TPSA) is 70.6 Å². The van der Waals surface area contributed by atoms with Gasteiger partial charge in [-0.15, -0.1) is 0 Å². The molecule has 19 heavy (non-hydrogen) atoms. The fraction of sp³-hybridized carbons (Fsp3) is 0.923. The summed E-state index contributed by atoms with van der Waals surface area (Å²) >= 11 is 0. The largest absolute Gasteiger partial charge is 0.356 e. The van der Waals surface area contributed by atoms with E-state index in [1.54, 1.807) is 7.05 Å². The minimum atomic E-state index is -2.78. The van der Waals surface area contributed by atoms with Crippen molar-refractivity contribution in [2.75, 3.05) is 25.1 Å². The third kappa shape index (κ3) is 4.67. The summed E-state index contributed by atoms with van der Waals surface area (Å²) in [5.74, 6) is 1.71. The van der Waals surface area contributed by atoms with Crippen molar-refractivity contribution in [1.29, 1.82) is 0 Å². The second kappa shape index (κ2) is 6.59. The van der Waals surface area contributed by atoms with Crippen LogP contribution in [0.1, 0.15) is 38.5 Å². The van der Waals surface area contributed by atoms with Crippen molar-refractivity contribution in [3.05, 3.63) is 0 Å². The normalized spacial score (nSPS) is 28.3. The van der Waals surface area contributed by atoms with Gasteiger partial charge in [-0.25, -0.2) is 8.42 Å². The summed E-state index contributed by atoms with van der Waals surface area (Å²) in [6.07, 6.45) is 7.10. The Bertz CT molecular complexity index is 414. The van der Waals surface area contributed by atoms with Gasteiger partial charge in [0, 0.05) is 19.6 Å². The minimum Gasteiger partial charge on any atom is -0.356 e. The highest BCUT2D eigenvalue weighted by atomic mass is 32.2. The summed E-state index contributed by atoms with van der Waals surface area (Å²) in [6, 6.07) is 0.521. The second-order valence-electron chi connectivity index (χ2n) is 5.70. The standard InChI is InChI=1S/C13H25N3O2S/c1-14-13(16-12-5-3-2-4-6-12)15-9-11-7-8-19(17,18)10-11/h11-12H,2-10H2,1H3,(H2,14,15,16). The van der Waals surface area contributed by atoms with Crippen molar-refractivity contribution in [2.24, 2.45) is 10.9 Å². The van der Waals surface area contributed by atoms with Crippen molar-refractivity contribution in [3.8, 4) is 0 Å². The van der Waals surface area contributed by atoms with E-state index in [-0.39, 0.29) is 5.92 Å². The van der Waals surface area contributed by atoms with Gasteiger partial charge in [0.15, 0.2) is 15.8 Å². The highest BCUT2D eigenvalue weighted by Gasteiger charge is 2.27. The summed E-state index contributed by atoms with van der Waals surface area (Å²) in [7, 11) is -1.01. The molecule has 1 atom stereocenters. The second-order valence-corrected chi connectivity index (χ2v) is 7.93. The first-order valence-electron chi connectivity index (χ1n) is 7.26. The van der Waals surface area contributed by atoms with Gasteiger partial charge in [0.25, 0.3) is 0 Å². The number of aliphatic imine (C=N–C) groups is 1. The monoisotopic (exact) mass is 287 g/mol. The lowest BCUT2D eigenvalue weighted by atomic mass is 9.96. The van der Waals surface area contributed by atoms with Gasteiger partial charge in [0.05, 0.1) is 11.5 Å². The fourth-order valence-corrected chi connectivity index (χ4v) is 4.77. The number of sulfone groups is 1. The van der Waals surface area contributed by atoms with Crippen LogP contribution in [0.25, 0.3) is 0 Å². The number of hydrogen-bond donors (Lipinski definition) is 2. The molecule has 2 aliphatic rings. The van der Waals surface area contributed by atoms with E-state index in [2.05, 4.69) is 15.6 Å². The van der Waals surface area contributed by atoms with E-state index in [9.17, 15) is 8.42 Å². The van der Waals surface area contributed by atoms with E-state index in [4.69, 9.17) is 0 Å². The molecule has 1 unspecified atom stereocenters. The first kappa shape index (κ1) is 14.6. The lowest BCUT2D eigenvalue weighted by Gasteiger charge is -2.25. The molecule has 5 nitrogen and oxygen atoms in total. The number of nitrogens with zero attached hydrogens (tertiary/aromatic N) is 1. The van der Waals surface area contributed by atoms with Gasteiger partial charge in [0.2, 0.25) is 0 Å². The summed E-state index contributed by atoms with van der Waals surface area (Å²) in [6.45, 7) is 0.700. The van der Waals surface area contributed by atoms with Gasteiger partial charge in [-0.2, -0.15) is 0 Å². The Hall–Kier alpha value is -0.780. The third-order valence-electron chi connectivity index (χ3n) is 4.05. The van der Waals surface area contributed by atoms with Crippen LogP contribution in [-0.4, -0.2) is 45.5 Å². The van der Waals surface area contributed by atoms with Crippen LogP contribution in [0, 0.1) is 5.92 Å². The molecule has 110 valence electrons. The van der Waals surface area contributed by atoms with Crippen LogP contribution >= 0.6 is 0 Å². The Balaban J connectivity index is 1.74. The zero-order chi connectivity index (χ0) is 13.7. The van der Waals surface area contributed by atoms with E-state index in [0.717, 1.165) is 12.4 Å². The summed E-state index contributed by atoms with van der Waals surface area (Å²) in [4.78, 5) is 4.22. The van der Waals surface area contributed by atoms with Crippen molar-refractivity contribution in [3.63, 3.8) is 0 Å². The van der Waals surface area contributed by atoms with Gasteiger partial charge in [-0.1, -0.05) is 19.3 Å². The molecule has 6 heteroatoms. The summed E-state index contributed by atoms with van der Waals surface area (Å²) < 4.78 is 22.8. The molecule has 1 heterocycles. The van der Waals surface area contributed by atoms with Crippen molar-refractivity contribution < 1.29 is 8.42 Å². The molecular weight excluding hydrogens is 262 g/mol. The van der Waals surface area contributed by atoms with E-state index >= 15 is 0 Å². The first-order valence-corrected chi connectivity index (χ1v) is 9.09. The Morgan fingerprint density at radius 1 is 1.21 bits per heavy atom. The molecule has 1 aliphatic carbocycles. The van der Waals surface area contributed by atoms with Crippen LogP contribution in [0.4, 0.5) is 0 Å². The van der Waals surface area contributed by atoms with E-state index in [1.807, 2.05) is 0 Å². The van der Waals surface area contributed by atoms with Gasteiger partial charge in [-0.05, 0) is 25.2 Å². The van der Waals surface area contributed by atoms with Crippen LogP contribution in [0.3, 0.4) is 0 Å². The number of nitrogens with one attached hydrogen (secondary N) is 2. The van der Waals surface area contributed by atoms with Crippen molar-refractivity contribution >= 4 is 15.8 Å². The number of rotatable bonds is 3. The predicted molar refractivity (Wildman–Crippen MR) is 78.1 cm³/mol. The molecule has 0 bridgehead atoms. The molecular formula is C13H25N3O2S. The molecule has 0 aromatic heterocycles. The highest BCUT2D eigenvalue weighted by Crippen LogP contribution is 2.18. The maximum atomic E-state index is 11.4. The molecule has 1 aliphatic heterocycles. The van der Waals surface area contributed by atoms with Crippen molar-refractivity contribution in [2.45, 2.75) is 44.6 Å². The third-order valence-corrected chi connectivity index (χ3v) is 5.89. The van der Waals surface area contributed by atoms with Crippen molar-refractivity contribution in [1.82, 2.24) is 10.6 Å². The average molecular weight is 287 g/mol. The van der Waals surface area contributed by atoms with E-state index in [1.165, 1.54) is 32.1 Å². The van der Waals surface area contributed by atoms with Gasteiger partial charge in [-0.3, -0.25) is 4.99 Å². The SMILES string of the molecule is CN=C(NCC1CCS(=O)(=O)C1)NC1CCCCC1. The molecule has 0 spiro atoms. The van der Waals surface area contributed by atoms with Crippen LogP contribution in [0.15, 0.2) is 4.99 Å². The minimum absolute atomic E-state index is 0.231. The number of guanidine groups is 1. The van der Waals surface area contributed by atoms with Gasteiger partial charge in [0.1, 0.15) is 0 Å². The van der Waals surface area contributed by atoms with E-state index < -0.39 is 9.84 Å².